The lowest BCUT2D eigenvalue weighted by Gasteiger charge is -2.23. The van der Waals surface area contributed by atoms with E-state index in [4.69, 9.17) is 9.47 Å². The number of hydrogen-bond acceptors (Lipinski definition) is 4. The number of nitrogens with zero attached hydrogens (tertiary/aromatic N) is 2. The maximum atomic E-state index is 13.2. The van der Waals surface area contributed by atoms with E-state index in [1.54, 1.807) is 61.7 Å². The van der Waals surface area contributed by atoms with E-state index in [0.717, 1.165) is 5.57 Å². The molecule has 6 heteroatoms. The number of ether oxygens (including phenoxy) is 2. The van der Waals surface area contributed by atoms with Crippen molar-refractivity contribution in [3.05, 3.63) is 70.7 Å². The van der Waals surface area contributed by atoms with Gasteiger partial charge in [0.05, 0.1) is 14.2 Å². The van der Waals surface area contributed by atoms with Crippen LogP contribution in [-0.2, 0) is 4.79 Å². The number of benzene rings is 1. The summed E-state index contributed by atoms with van der Waals surface area (Å²) in [4.78, 5) is 27.3. The third-order valence-electron chi connectivity index (χ3n) is 4.14. The first kappa shape index (κ1) is 21.0. The number of pyridine rings is 1. The van der Waals surface area contributed by atoms with Gasteiger partial charge in [0.25, 0.3) is 11.5 Å². The van der Waals surface area contributed by atoms with Crippen molar-refractivity contribution in [3.63, 3.8) is 0 Å². The molecular weight excluding hydrogens is 356 g/mol. The largest absolute Gasteiger partial charge is 0.493 e. The van der Waals surface area contributed by atoms with Gasteiger partial charge in [-0.15, -0.1) is 0 Å². The summed E-state index contributed by atoms with van der Waals surface area (Å²) in [6, 6.07) is 10.1. The molecule has 28 heavy (non-hydrogen) atoms. The van der Waals surface area contributed by atoms with Gasteiger partial charge in [-0.1, -0.05) is 24.3 Å². The van der Waals surface area contributed by atoms with Crippen molar-refractivity contribution in [2.75, 3.05) is 27.3 Å². The zero-order chi connectivity index (χ0) is 20.7. The lowest BCUT2D eigenvalue weighted by molar-refractivity contribution is -0.124. The van der Waals surface area contributed by atoms with Crippen molar-refractivity contribution in [3.8, 4) is 11.5 Å². The Bertz CT molecular complexity index is 944. The third kappa shape index (κ3) is 4.91. The summed E-state index contributed by atoms with van der Waals surface area (Å²) in [6.07, 6.45) is 3.26. The molecule has 148 valence electrons. The van der Waals surface area contributed by atoms with Crippen LogP contribution in [0.15, 0.2) is 59.5 Å². The van der Waals surface area contributed by atoms with Crippen molar-refractivity contribution in [2.45, 2.75) is 13.8 Å². The fraction of sp³-hybridized carbons (Fsp3) is 0.273. The van der Waals surface area contributed by atoms with Gasteiger partial charge in [0.1, 0.15) is 5.70 Å². The van der Waals surface area contributed by atoms with E-state index in [-0.39, 0.29) is 17.2 Å². The Morgan fingerprint density at radius 3 is 2.46 bits per heavy atom. The zero-order valence-electron chi connectivity index (χ0n) is 16.8. The van der Waals surface area contributed by atoms with E-state index < -0.39 is 0 Å². The molecule has 0 fully saturated rings. The molecule has 0 spiro atoms. The Morgan fingerprint density at radius 2 is 1.89 bits per heavy atom. The highest BCUT2D eigenvalue weighted by Crippen LogP contribution is 2.29. The maximum absolute atomic E-state index is 13.2. The van der Waals surface area contributed by atoms with Gasteiger partial charge in [0.15, 0.2) is 11.5 Å². The minimum Gasteiger partial charge on any atom is -0.493 e. The Kier molecular flexibility index (Phi) is 7.21. The van der Waals surface area contributed by atoms with E-state index in [9.17, 15) is 9.59 Å². The summed E-state index contributed by atoms with van der Waals surface area (Å²) in [5.74, 6) is 0.869. The Labute approximate surface area is 165 Å². The Morgan fingerprint density at radius 1 is 1.18 bits per heavy atom. The van der Waals surface area contributed by atoms with Crippen molar-refractivity contribution in [1.29, 1.82) is 0 Å². The first-order valence-corrected chi connectivity index (χ1v) is 8.96. The molecule has 1 amide bonds. The molecule has 0 N–H and O–H groups in total. The maximum Gasteiger partial charge on any atom is 0.271 e. The lowest BCUT2D eigenvalue weighted by Crippen LogP contribution is -2.36. The summed E-state index contributed by atoms with van der Waals surface area (Å²) >= 11 is 0. The lowest BCUT2D eigenvalue weighted by atomic mass is 10.1. The molecule has 0 aliphatic rings. The quantitative estimate of drug-likeness (QED) is 0.519. The number of carbonyl (C=O) groups excluding carboxylic acids is 1. The van der Waals surface area contributed by atoms with Crippen LogP contribution in [0.3, 0.4) is 0 Å². The van der Waals surface area contributed by atoms with Gasteiger partial charge in [0, 0.05) is 25.4 Å². The highest BCUT2D eigenvalue weighted by molar-refractivity contribution is 6.18. The Balaban J connectivity index is 2.60. The van der Waals surface area contributed by atoms with E-state index in [2.05, 4.69) is 6.58 Å². The SMILES string of the molecule is C=C(C)CN(CC)C(=O)/C(=C\c1ccc(OC)c(OC)c1)n1ccccc1=O. The molecule has 6 nitrogen and oxygen atoms in total. The molecule has 0 saturated carbocycles. The number of hydrogen-bond donors (Lipinski definition) is 0. The zero-order valence-corrected chi connectivity index (χ0v) is 16.8. The molecule has 0 bridgehead atoms. The molecule has 0 atom stereocenters. The van der Waals surface area contributed by atoms with Crippen LogP contribution < -0.4 is 15.0 Å². The predicted molar refractivity (Wildman–Crippen MR) is 111 cm³/mol. The minimum absolute atomic E-state index is 0.251. The van der Waals surface area contributed by atoms with E-state index in [1.165, 1.54) is 10.6 Å². The van der Waals surface area contributed by atoms with Gasteiger partial charge in [-0.05, 0) is 43.7 Å². The molecule has 0 radical (unpaired) electrons. The Hall–Kier alpha value is -3.28. The van der Waals surface area contributed by atoms with Gasteiger partial charge < -0.3 is 14.4 Å². The summed E-state index contributed by atoms with van der Waals surface area (Å²) < 4.78 is 11.9. The average molecular weight is 382 g/mol. The van der Waals surface area contributed by atoms with Crippen LogP contribution in [0, 0.1) is 0 Å². The van der Waals surface area contributed by atoms with Gasteiger partial charge in [0.2, 0.25) is 0 Å². The fourth-order valence-corrected chi connectivity index (χ4v) is 2.78. The molecule has 0 aliphatic carbocycles. The molecule has 0 aliphatic heterocycles. The van der Waals surface area contributed by atoms with Gasteiger partial charge in [-0.3, -0.25) is 14.2 Å². The molecule has 2 rings (SSSR count). The van der Waals surface area contributed by atoms with Crippen LogP contribution in [0.25, 0.3) is 11.8 Å². The van der Waals surface area contributed by atoms with Crippen molar-refractivity contribution in [2.24, 2.45) is 0 Å². The van der Waals surface area contributed by atoms with E-state index >= 15 is 0 Å². The number of likely N-dealkylation sites (N-methyl/N-ethyl adjacent to an activating group) is 1. The molecule has 2 aromatic rings. The second kappa shape index (κ2) is 9.60. The van der Waals surface area contributed by atoms with Crippen LogP contribution in [-0.4, -0.2) is 42.7 Å². The van der Waals surface area contributed by atoms with Crippen molar-refractivity contribution in [1.82, 2.24) is 9.47 Å². The van der Waals surface area contributed by atoms with Gasteiger partial charge >= 0.3 is 0 Å². The molecule has 0 saturated heterocycles. The number of amides is 1. The van der Waals surface area contributed by atoms with Crippen LogP contribution in [0.2, 0.25) is 0 Å². The first-order valence-electron chi connectivity index (χ1n) is 8.96. The molecule has 0 unspecified atom stereocenters. The number of rotatable bonds is 8. The smallest absolute Gasteiger partial charge is 0.271 e. The topological polar surface area (TPSA) is 60.8 Å². The first-order chi connectivity index (χ1) is 13.4. The normalized spacial score (nSPS) is 11.1. The van der Waals surface area contributed by atoms with Crippen molar-refractivity contribution < 1.29 is 14.3 Å². The number of carbonyl (C=O) groups is 1. The fourth-order valence-electron chi connectivity index (χ4n) is 2.78. The minimum atomic E-state index is -0.283. The standard InChI is InChI=1S/C22H26N2O4/c1-6-23(15-16(2)3)22(26)18(24-12-8-7-9-21(24)25)13-17-10-11-19(27-4)20(14-17)28-5/h7-14H,2,6,15H2,1,3-5H3/b18-13+. The number of methoxy groups -OCH3 is 2. The highest BCUT2D eigenvalue weighted by atomic mass is 16.5. The van der Waals surface area contributed by atoms with Crippen molar-refractivity contribution >= 4 is 17.7 Å². The number of aromatic nitrogens is 1. The average Bonchev–Trinajstić information content (AvgIpc) is 2.70. The van der Waals surface area contributed by atoms with Gasteiger partial charge in [-0.2, -0.15) is 0 Å². The van der Waals surface area contributed by atoms with E-state index in [0.29, 0.717) is 30.2 Å². The molecule has 1 heterocycles. The summed E-state index contributed by atoms with van der Waals surface area (Å²) in [6.45, 7) is 8.56. The van der Waals surface area contributed by atoms with E-state index in [1.807, 2.05) is 13.8 Å². The summed E-state index contributed by atoms with van der Waals surface area (Å²) in [5.41, 5.74) is 1.54. The van der Waals surface area contributed by atoms with Crippen LogP contribution in [0.4, 0.5) is 0 Å². The van der Waals surface area contributed by atoms with Crippen LogP contribution in [0.1, 0.15) is 19.4 Å². The van der Waals surface area contributed by atoms with Crippen LogP contribution in [0.5, 0.6) is 11.5 Å². The molecule has 1 aromatic carbocycles. The molecular formula is C22H26N2O4. The summed E-state index contributed by atoms with van der Waals surface area (Å²) in [5, 5.41) is 0. The molecule has 1 aromatic heterocycles. The summed E-state index contributed by atoms with van der Waals surface area (Å²) in [7, 11) is 3.10. The highest BCUT2D eigenvalue weighted by Gasteiger charge is 2.20. The van der Waals surface area contributed by atoms with Gasteiger partial charge in [-0.25, -0.2) is 0 Å². The third-order valence-corrected chi connectivity index (χ3v) is 4.14. The second-order valence-corrected chi connectivity index (χ2v) is 6.33. The van der Waals surface area contributed by atoms with Crippen LogP contribution >= 0.6 is 0 Å². The second-order valence-electron chi connectivity index (χ2n) is 6.33. The predicted octanol–water partition coefficient (Wildman–Crippen LogP) is 3.29. The monoisotopic (exact) mass is 382 g/mol.